The predicted molar refractivity (Wildman–Crippen MR) is 298 cm³/mol. The second-order valence-corrected chi connectivity index (χ2v) is 20.2. The van der Waals surface area contributed by atoms with Crippen LogP contribution in [0.3, 0.4) is 0 Å². The maximum Gasteiger partial charge on any atom is 0.306 e. The molecule has 0 saturated carbocycles. The number of hydrogen-bond donors (Lipinski definition) is 0. The Bertz CT molecular complexity index is 1200. The normalized spacial score (nSPS) is 12.3. The third kappa shape index (κ3) is 56.2. The van der Waals surface area contributed by atoms with Gasteiger partial charge in [-0.2, -0.15) is 0 Å². The average Bonchev–Trinajstić information content (AvgIpc) is 3.35. The van der Waals surface area contributed by atoms with Crippen LogP contribution in [0.2, 0.25) is 0 Å². The van der Waals surface area contributed by atoms with Crippen molar-refractivity contribution in [2.45, 2.75) is 322 Å². The van der Waals surface area contributed by atoms with Gasteiger partial charge in [-0.25, -0.2) is 0 Å². The van der Waals surface area contributed by atoms with Gasteiger partial charge in [-0.3, -0.25) is 14.4 Å². The Morgan fingerprint density at radius 1 is 0.304 bits per heavy atom. The highest BCUT2D eigenvalue weighted by Crippen LogP contribution is 2.17. The molecule has 0 aromatic heterocycles. The first kappa shape index (κ1) is 66.4. The SMILES string of the molecule is CC/C=C\C/C=C\C/C=C\CCCCCCCC(=O)OC[C@H](COC(=O)CCCCCCCCC/C=C\CCCCCC)OC(=O)CCCCCCCCCCCCCCCCCCCCCCC. The van der Waals surface area contributed by atoms with Crippen LogP contribution in [-0.2, 0) is 28.6 Å². The molecule has 0 aliphatic heterocycles. The van der Waals surface area contributed by atoms with Crippen LogP contribution >= 0.6 is 0 Å². The Kier molecular flexibility index (Phi) is 55.7. The van der Waals surface area contributed by atoms with E-state index in [1.165, 1.54) is 180 Å². The van der Waals surface area contributed by atoms with E-state index in [1.54, 1.807) is 0 Å². The minimum absolute atomic E-state index is 0.0780. The van der Waals surface area contributed by atoms with Crippen LogP contribution in [0, 0.1) is 0 Å². The van der Waals surface area contributed by atoms with Crippen molar-refractivity contribution in [1.82, 2.24) is 0 Å². The van der Waals surface area contributed by atoms with E-state index in [9.17, 15) is 14.4 Å². The van der Waals surface area contributed by atoms with Crippen LogP contribution in [0.4, 0.5) is 0 Å². The predicted octanol–water partition coefficient (Wildman–Crippen LogP) is 20.2. The van der Waals surface area contributed by atoms with E-state index in [0.29, 0.717) is 19.3 Å². The Labute approximate surface area is 428 Å². The van der Waals surface area contributed by atoms with Gasteiger partial charge in [0.25, 0.3) is 0 Å². The Hall–Kier alpha value is -2.63. The summed E-state index contributed by atoms with van der Waals surface area (Å²) in [6.07, 6.45) is 71.1. The van der Waals surface area contributed by atoms with Gasteiger partial charge in [0.05, 0.1) is 0 Å². The van der Waals surface area contributed by atoms with E-state index < -0.39 is 6.10 Å². The molecule has 0 rings (SSSR count). The van der Waals surface area contributed by atoms with Crippen molar-refractivity contribution in [2.24, 2.45) is 0 Å². The van der Waals surface area contributed by atoms with Gasteiger partial charge in [0.2, 0.25) is 0 Å². The van der Waals surface area contributed by atoms with Crippen LogP contribution < -0.4 is 0 Å². The molecule has 0 aromatic rings. The van der Waals surface area contributed by atoms with E-state index >= 15 is 0 Å². The molecule has 0 N–H and O–H groups in total. The quantitative estimate of drug-likeness (QED) is 0.0262. The van der Waals surface area contributed by atoms with Gasteiger partial charge in [0.15, 0.2) is 6.10 Å². The highest BCUT2D eigenvalue weighted by atomic mass is 16.6. The fourth-order valence-electron chi connectivity index (χ4n) is 8.81. The minimum atomic E-state index is -0.780. The number of ether oxygens (including phenoxy) is 3. The number of carbonyl (C=O) groups excluding carboxylic acids is 3. The second kappa shape index (κ2) is 57.9. The second-order valence-electron chi connectivity index (χ2n) is 20.2. The number of unbranched alkanes of at least 4 members (excludes halogenated alkanes) is 36. The van der Waals surface area contributed by atoms with Crippen molar-refractivity contribution in [2.75, 3.05) is 13.2 Å². The van der Waals surface area contributed by atoms with Gasteiger partial charge in [-0.05, 0) is 77.0 Å². The largest absolute Gasteiger partial charge is 0.462 e. The third-order valence-corrected chi connectivity index (χ3v) is 13.3. The van der Waals surface area contributed by atoms with Gasteiger partial charge in [0.1, 0.15) is 13.2 Å². The summed E-state index contributed by atoms with van der Waals surface area (Å²) < 4.78 is 16.9. The smallest absolute Gasteiger partial charge is 0.306 e. The summed E-state index contributed by atoms with van der Waals surface area (Å²) in [6, 6.07) is 0. The molecular weight excluding hydrogens is 853 g/mol. The van der Waals surface area contributed by atoms with Crippen LogP contribution in [0.25, 0.3) is 0 Å². The Morgan fingerprint density at radius 3 is 0.913 bits per heavy atom. The lowest BCUT2D eigenvalue weighted by atomic mass is 10.0. The maximum atomic E-state index is 12.9. The molecule has 6 heteroatoms. The summed E-state index contributed by atoms with van der Waals surface area (Å²) in [5.74, 6) is -0.882. The molecule has 0 amide bonds. The van der Waals surface area contributed by atoms with E-state index in [0.717, 1.165) is 96.3 Å². The molecule has 0 radical (unpaired) electrons. The Balaban J connectivity index is 4.33. The summed E-state index contributed by atoms with van der Waals surface area (Å²) in [5, 5.41) is 0. The number of allylic oxidation sites excluding steroid dienone is 8. The van der Waals surface area contributed by atoms with Crippen LogP contribution in [0.1, 0.15) is 316 Å². The van der Waals surface area contributed by atoms with Crippen molar-refractivity contribution >= 4 is 17.9 Å². The molecule has 0 bridgehead atoms. The fourth-order valence-corrected chi connectivity index (χ4v) is 8.81. The van der Waals surface area contributed by atoms with Crippen LogP contribution in [0.15, 0.2) is 48.6 Å². The standard InChI is InChI=1S/C63H114O6/c1-4-7-10-13-16-19-22-25-28-29-30-31-32-33-36-39-42-45-48-51-54-57-63(66)69-60(58-67-61(64)55-52-49-46-43-40-37-34-26-23-20-17-14-11-8-5-2)59-68-62(65)56-53-50-47-44-41-38-35-27-24-21-18-15-12-9-6-3/h8,11,17,20-21,24,26,34,60H,4-7,9-10,12-16,18-19,22-23,25,27-33,35-59H2,1-3H3/b11-8-,20-17-,24-21-,34-26-/t60-/m1/s1. The van der Waals surface area contributed by atoms with Crippen molar-refractivity contribution < 1.29 is 28.6 Å². The number of carbonyl (C=O) groups is 3. The molecule has 6 nitrogen and oxygen atoms in total. The van der Waals surface area contributed by atoms with Gasteiger partial charge >= 0.3 is 17.9 Å². The van der Waals surface area contributed by atoms with E-state index in [-0.39, 0.29) is 31.1 Å². The zero-order valence-electron chi connectivity index (χ0n) is 46.1. The molecule has 402 valence electrons. The Morgan fingerprint density at radius 2 is 0.565 bits per heavy atom. The summed E-state index contributed by atoms with van der Waals surface area (Å²) >= 11 is 0. The van der Waals surface area contributed by atoms with E-state index in [4.69, 9.17) is 14.2 Å². The number of esters is 3. The van der Waals surface area contributed by atoms with Crippen molar-refractivity contribution in [3.8, 4) is 0 Å². The zero-order valence-corrected chi connectivity index (χ0v) is 46.1. The van der Waals surface area contributed by atoms with Crippen molar-refractivity contribution in [3.63, 3.8) is 0 Å². The van der Waals surface area contributed by atoms with Crippen LogP contribution in [-0.4, -0.2) is 37.2 Å². The lowest BCUT2D eigenvalue weighted by Gasteiger charge is -2.18. The summed E-state index contributed by atoms with van der Waals surface area (Å²) in [4.78, 5) is 38.2. The topological polar surface area (TPSA) is 78.9 Å². The number of hydrogen-bond acceptors (Lipinski definition) is 6. The van der Waals surface area contributed by atoms with Crippen molar-refractivity contribution in [3.05, 3.63) is 48.6 Å². The molecule has 0 aliphatic carbocycles. The molecule has 0 saturated heterocycles. The van der Waals surface area contributed by atoms with Crippen molar-refractivity contribution in [1.29, 1.82) is 0 Å². The first-order chi connectivity index (χ1) is 34.0. The van der Waals surface area contributed by atoms with Gasteiger partial charge in [-0.15, -0.1) is 0 Å². The summed E-state index contributed by atoms with van der Waals surface area (Å²) in [5.41, 5.74) is 0. The summed E-state index contributed by atoms with van der Waals surface area (Å²) in [6.45, 7) is 6.54. The molecule has 0 aliphatic rings. The molecule has 0 heterocycles. The lowest BCUT2D eigenvalue weighted by Crippen LogP contribution is -2.30. The van der Waals surface area contributed by atoms with Gasteiger partial charge in [0, 0.05) is 19.3 Å². The first-order valence-corrected chi connectivity index (χ1v) is 30.1. The lowest BCUT2D eigenvalue weighted by molar-refractivity contribution is -0.167. The molecule has 1 atom stereocenters. The average molecular weight is 968 g/mol. The van der Waals surface area contributed by atoms with Crippen LogP contribution in [0.5, 0.6) is 0 Å². The van der Waals surface area contributed by atoms with Gasteiger partial charge < -0.3 is 14.2 Å². The third-order valence-electron chi connectivity index (χ3n) is 13.3. The summed E-state index contributed by atoms with van der Waals surface area (Å²) in [7, 11) is 0. The fraction of sp³-hybridized carbons (Fsp3) is 0.825. The molecule has 0 unspecified atom stereocenters. The highest BCUT2D eigenvalue weighted by Gasteiger charge is 2.19. The molecule has 0 fully saturated rings. The maximum absolute atomic E-state index is 12.9. The molecule has 0 aromatic carbocycles. The van der Waals surface area contributed by atoms with E-state index in [2.05, 4.69) is 69.4 Å². The molecular formula is C63H114O6. The van der Waals surface area contributed by atoms with E-state index in [1.807, 2.05) is 0 Å². The first-order valence-electron chi connectivity index (χ1n) is 30.1. The number of rotatable bonds is 55. The minimum Gasteiger partial charge on any atom is -0.462 e. The molecule has 69 heavy (non-hydrogen) atoms. The monoisotopic (exact) mass is 967 g/mol. The van der Waals surface area contributed by atoms with Gasteiger partial charge in [-0.1, -0.05) is 268 Å². The molecule has 0 spiro atoms. The highest BCUT2D eigenvalue weighted by molar-refractivity contribution is 5.71. The zero-order chi connectivity index (χ0) is 50.0.